The molecule has 1 aliphatic heterocycles. The normalized spacial score (nSPS) is 15.9. The molecule has 0 saturated carbocycles. The number of nitrogens with one attached hydrogen (secondary N) is 1. The van der Waals surface area contributed by atoms with Gasteiger partial charge >= 0.3 is 0 Å². The van der Waals surface area contributed by atoms with Gasteiger partial charge in [-0.1, -0.05) is 18.2 Å². The standard InChI is InChI=1S/C23H26N2O5/c1-29-20-7-3-6-19(21(20)30-2)22(27)24-13-17-5-4-12-25(14-17)23(28)18-10-8-16(15-26)9-11-18/h3,6-11,15,17H,4-5,12-14H2,1-2H3,(H,24,27)/t17-/m1/s1. The second kappa shape index (κ2) is 9.91. The number of nitrogens with zero attached hydrogens (tertiary/aromatic N) is 1. The van der Waals surface area contributed by atoms with Crippen molar-refractivity contribution in [2.24, 2.45) is 5.92 Å². The lowest BCUT2D eigenvalue weighted by atomic mass is 9.97. The summed E-state index contributed by atoms with van der Waals surface area (Å²) in [6.07, 6.45) is 2.57. The van der Waals surface area contributed by atoms with Gasteiger partial charge in [-0.3, -0.25) is 14.4 Å². The monoisotopic (exact) mass is 410 g/mol. The Morgan fingerprint density at radius 2 is 1.90 bits per heavy atom. The van der Waals surface area contributed by atoms with Crippen LogP contribution < -0.4 is 14.8 Å². The minimum absolute atomic E-state index is 0.0575. The van der Waals surface area contributed by atoms with E-state index in [1.54, 1.807) is 42.5 Å². The number of methoxy groups -OCH3 is 2. The Kier molecular flexibility index (Phi) is 7.06. The van der Waals surface area contributed by atoms with Crippen LogP contribution in [-0.2, 0) is 0 Å². The highest BCUT2D eigenvalue weighted by molar-refractivity contribution is 5.98. The van der Waals surface area contributed by atoms with Crippen molar-refractivity contribution in [2.45, 2.75) is 12.8 Å². The summed E-state index contributed by atoms with van der Waals surface area (Å²) in [7, 11) is 3.03. The minimum atomic E-state index is -0.237. The van der Waals surface area contributed by atoms with E-state index in [-0.39, 0.29) is 17.7 Å². The molecule has 0 aromatic heterocycles. The third-order valence-electron chi connectivity index (χ3n) is 5.30. The molecule has 1 N–H and O–H groups in total. The Balaban J connectivity index is 1.60. The number of rotatable bonds is 7. The molecule has 0 bridgehead atoms. The smallest absolute Gasteiger partial charge is 0.255 e. The van der Waals surface area contributed by atoms with Gasteiger partial charge < -0.3 is 19.7 Å². The van der Waals surface area contributed by atoms with Gasteiger partial charge in [-0.05, 0) is 43.0 Å². The summed E-state index contributed by atoms with van der Waals surface area (Å²) in [6, 6.07) is 11.8. The molecule has 7 heteroatoms. The lowest BCUT2D eigenvalue weighted by molar-refractivity contribution is 0.0670. The van der Waals surface area contributed by atoms with E-state index < -0.39 is 0 Å². The number of para-hydroxylation sites is 1. The van der Waals surface area contributed by atoms with Gasteiger partial charge in [0.1, 0.15) is 6.29 Å². The van der Waals surface area contributed by atoms with Crippen LogP contribution in [0.5, 0.6) is 11.5 Å². The quantitative estimate of drug-likeness (QED) is 0.710. The summed E-state index contributed by atoms with van der Waals surface area (Å²) in [6.45, 7) is 1.72. The van der Waals surface area contributed by atoms with E-state index in [2.05, 4.69) is 5.32 Å². The number of carbonyl (C=O) groups is 3. The van der Waals surface area contributed by atoms with Gasteiger partial charge in [0.25, 0.3) is 11.8 Å². The van der Waals surface area contributed by atoms with Gasteiger partial charge in [-0.2, -0.15) is 0 Å². The van der Waals surface area contributed by atoms with Gasteiger partial charge in [0, 0.05) is 30.8 Å². The van der Waals surface area contributed by atoms with Crippen LogP contribution in [0.3, 0.4) is 0 Å². The number of piperidine rings is 1. The summed E-state index contributed by atoms with van der Waals surface area (Å²) in [5, 5.41) is 2.96. The number of amides is 2. The second-order valence-corrected chi connectivity index (χ2v) is 7.25. The molecule has 1 fully saturated rings. The summed E-state index contributed by atoms with van der Waals surface area (Å²) in [5.41, 5.74) is 1.51. The van der Waals surface area contributed by atoms with Crippen LogP contribution in [-0.4, -0.2) is 56.9 Å². The first-order valence-corrected chi connectivity index (χ1v) is 9.91. The topological polar surface area (TPSA) is 84.9 Å². The molecule has 30 heavy (non-hydrogen) atoms. The molecule has 158 valence electrons. The van der Waals surface area contributed by atoms with Crippen LogP contribution in [0.15, 0.2) is 42.5 Å². The highest BCUT2D eigenvalue weighted by Crippen LogP contribution is 2.30. The van der Waals surface area contributed by atoms with E-state index in [9.17, 15) is 14.4 Å². The molecule has 3 rings (SSSR count). The lowest BCUT2D eigenvalue weighted by Gasteiger charge is -2.33. The molecule has 7 nitrogen and oxygen atoms in total. The number of carbonyl (C=O) groups excluding carboxylic acids is 3. The Labute approximate surface area is 176 Å². The molecule has 0 spiro atoms. The fourth-order valence-corrected chi connectivity index (χ4v) is 3.70. The Morgan fingerprint density at radius 1 is 1.13 bits per heavy atom. The molecular weight excluding hydrogens is 384 g/mol. The lowest BCUT2D eigenvalue weighted by Crippen LogP contribution is -2.43. The third-order valence-corrected chi connectivity index (χ3v) is 5.30. The molecule has 0 aliphatic carbocycles. The summed E-state index contributed by atoms with van der Waals surface area (Å²) in [5.74, 6) is 0.769. The molecule has 1 saturated heterocycles. The number of aldehydes is 1. The number of likely N-dealkylation sites (tertiary alicyclic amines) is 1. The first-order valence-electron chi connectivity index (χ1n) is 9.91. The number of hydrogen-bond acceptors (Lipinski definition) is 5. The van der Waals surface area contributed by atoms with E-state index in [1.165, 1.54) is 14.2 Å². The minimum Gasteiger partial charge on any atom is -0.493 e. The fourth-order valence-electron chi connectivity index (χ4n) is 3.70. The van der Waals surface area contributed by atoms with Crippen molar-refractivity contribution < 1.29 is 23.9 Å². The maximum Gasteiger partial charge on any atom is 0.255 e. The highest BCUT2D eigenvalue weighted by atomic mass is 16.5. The SMILES string of the molecule is COc1cccc(C(=O)NC[C@H]2CCCN(C(=O)c3ccc(C=O)cc3)C2)c1OC. The van der Waals surface area contributed by atoms with Crippen molar-refractivity contribution >= 4 is 18.1 Å². The van der Waals surface area contributed by atoms with E-state index in [0.717, 1.165) is 19.1 Å². The summed E-state index contributed by atoms with van der Waals surface area (Å²) < 4.78 is 10.6. The molecule has 2 amide bonds. The van der Waals surface area contributed by atoms with Gasteiger partial charge in [-0.25, -0.2) is 0 Å². The zero-order valence-corrected chi connectivity index (χ0v) is 17.2. The molecule has 2 aromatic rings. The van der Waals surface area contributed by atoms with Crippen LogP contribution in [0.25, 0.3) is 0 Å². The van der Waals surface area contributed by atoms with Crippen molar-refractivity contribution in [1.29, 1.82) is 0 Å². The molecule has 2 aromatic carbocycles. The third kappa shape index (κ3) is 4.79. The predicted molar refractivity (Wildman–Crippen MR) is 112 cm³/mol. The van der Waals surface area contributed by atoms with Crippen LogP contribution in [0.2, 0.25) is 0 Å². The molecule has 1 heterocycles. The average Bonchev–Trinajstić information content (AvgIpc) is 2.81. The van der Waals surface area contributed by atoms with E-state index in [0.29, 0.717) is 47.8 Å². The van der Waals surface area contributed by atoms with Crippen LogP contribution in [0, 0.1) is 5.92 Å². The second-order valence-electron chi connectivity index (χ2n) is 7.25. The predicted octanol–water partition coefficient (Wildman–Crippen LogP) is 2.80. The van der Waals surface area contributed by atoms with Crippen LogP contribution in [0.4, 0.5) is 0 Å². The van der Waals surface area contributed by atoms with Crippen LogP contribution in [0.1, 0.15) is 43.9 Å². The molecule has 1 atom stereocenters. The maximum absolute atomic E-state index is 12.8. The molecule has 0 radical (unpaired) electrons. The van der Waals surface area contributed by atoms with E-state index >= 15 is 0 Å². The molecule has 0 unspecified atom stereocenters. The Bertz CT molecular complexity index is 910. The maximum atomic E-state index is 12.8. The van der Waals surface area contributed by atoms with Crippen molar-refractivity contribution in [3.63, 3.8) is 0 Å². The Morgan fingerprint density at radius 3 is 2.57 bits per heavy atom. The molecular formula is C23H26N2O5. The zero-order valence-electron chi connectivity index (χ0n) is 17.2. The van der Waals surface area contributed by atoms with Gasteiger partial charge in [0.05, 0.1) is 19.8 Å². The van der Waals surface area contributed by atoms with E-state index in [4.69, 9.17) is 9.47 Å². The van der Waals surface area contributed by atoms with Crippen molar-refractivity contribution in [2.75, 3.05) is 33.9 Å². The average molecular weight is 410 g/mol. The highest BCUT2D eigenvalue weighted by Gasteiger charge is 2.25. The summed E-state index contributed by atoms with van der Waals surface area (Å²) in [4.78, 5) is 38.1. The van der Waals surface area contributed by atoms with E-state index in [1.807, 2.05) is 4.90 Å². The first-order chi connectivity index (χ1) is 14.6. The van der Waals surface area contributed by atoms with Gasteiger partial charge in [0.15, 0.2) is 11.5 Å². The zero-order chi connectivity index (χ0) is 21.5. The number of ether oxygens (including phenoxy) is 2. The number of hydrogen-bond donors (Lipinski definition) is 1. The Hall–Kier alpha value is -3.35. The first kappa shape index (κ1) is 21.4. The van der Waals surface area contributed by atoms with Gasteiger partial charge in [-0.15, -0.1) is 0 Å². The van der Waals surface area contributed by atoms with Crippen molar-refractivity contribution in [1.82, 2.24) is 10.2 Å². The molecule has 1 aliphatic rings. The largest absolute Gasteiger partial charge is 0.493 e. The van der Waals surface area contributed by atoms with Crippen molar-refractivity contribution in [3.05, 3.63) is 59.2 Å². The number of benzene rings is 2. The van der Waals surface area contributed by atoms with Crippen LogP contribution >= 0.6 is 0 Å². The fraction of sp³-hybridized carbons (Fsp3) is 0.348. The van der Waals surface area contributed by atoms with Gasteiger partial charge in [0.2, 0.25) is 0 Å². The van der Waals surface area contributed by atoms with Crippen molar-refractivity contribution in [3.8, 4) is 11.5 Å². The summed E-state index contributed by atoms with van der Waals surface area (Å²) >= 11 is 0.